The number of nitrogens with zero attached hydrogens (tertiary/aromatic N) is 3. The zero-order valence-electron chi connectivity index (χ0n) is 14.7. The molecule has 0 radical (unpaired) electrons. The second kappa shape index (κ2) is 7.99. The minimum absolute atomic E-state index is 0.102. The number of amides is 1. The fourth-order valence-electron chi connectivity index (χ4n) is 3.01. The van der Waals surface area contributed by atoms with Gasteiger partial charge in [-0.15, -0.1) is 0 Å². The maximum atomic E-state index is 13.2. The number of nitrogens with two attached hydrogens (primary N) is 1. The SMILES string of the molecule is Cn1ccc(NC(=O)CC2CC(C(=O)C(N)=Nc3ccc(F)c(Br)c3)C2)n1. The van der Waals surface area contributed by atoms with Crippen LogP contribution in [0.5, 0.6) is 0 Å². The van der Waals surface area contributed by atoms with Crippen molar-refractivity contribution in [2.75, 3.05) is 5.32 Å². The first-order chi connectivity index (χ1) is 12.8. The summed E-state index contributed by atoms with van der Waals surface area (Å²) in [5.41, 5.74) is 6.20. The second-order valence-corrected chi connectivity index (χ2v) is 7.48. The number of carbonyl (C=O) groups excluding carboxylic acids is 2. The van der Waals surface area contributed by atoms with Gasteiger partial charge in [0.25, 0.3) is 0 Å². The first kappa shape index (κ1) is 19.2. The van der Waals surface area contributed by atoms with Crippen LogP contribution >= 0.6 is 15.9 Å². The van der Waals surface area contributed by atoms with Crippen molar-refractivity contribution in [3.05, 3.63) is 40.8 Å². The van der Waals surface area contributed by atoms with Gasteiger partial charge in [-0.2, -0.15) is 5.10 Å². The smallest absolute Gasteiger partial charge is 0.225 e. The van der Waals surface area contributed by atoms with Crippen LogP contribution in [0.15, 0.2) is 39.9 Å². The Morgan fingerprint density at radius 2 is 2.15 bits per heavy atom. The highest BCUT2D eigenvalue weighted by Crippen LogP contribution is 2.37. The van der Waals surface area contributed by atoms with Gasteiger partial charge < -0.3 is 11.1 Å². The molecule has 3 N–H and O–H groups in total. The van der Waals surface area contributed by atoms with Crippen molar-refractivity contribution < 1.29 is 14.0 Å². The minimum atomic E-state index is -0.412. The quantitative estimate of drug-likeness (QED) is 0.537. The highest BCUT2D eigenvalue weighted by molar-refractivity contribution is 9.10. The number of amidine groups is 1. The Hall–Kier alpha value is -2.55. The van der Waals surface area contributed by atoms with E-state index in [0.717, 1.165) is 0 Å². The number of ketones is 1. The lowest BCUT2D eigenvalue weighted by Gasteiger charge is -2.33. The summed E-state index contributed by atoms with van der Waals surface area (Å²) in [4.78, 5) is 28.4. The van der Waals surface area contributed by atoms with E-state index in [0.29, 0.717) is 30.8 Å². The molecule has 1 fully saturated rings. The number of anilines is 1. The summed E-state index contributed by atoms with van der Waals surface area (Å²) in [5, 5.41) is 6.82. The van der Waals surface area contributed by atoms with Crippen molar-refractivity contribution in [1.29, 1.82) is 0 Å². The molecule has 1 heterocycles. The highest BCUT2D eigenvalue weighted by atomic mass is 79.9. The minimum Gasteiger partial charge on any atom is -0.381 e. The molecule has 1 aliphatic rings. The number of rotatable bonds is 6. The van der Waals surface area contributed by atoms with E-state index >= 15 is 0 Å². The molecule has 0 atom stereocenters. The molecule has 0 aliphatic heterocycles. The Labute approximate surface area is 164 Å². The molecule has 0 spiro atoms. The molecule has 1 aliphatic carbocycles. The number of nitrogens with one attached hydrogen (secondary N) is 1. The molecule has 7 nitrogen and oxygen atoms in total. The molecule has 27 heavy (non-hydrogen) atoms. The molecule has 1 amide bonds. The molecule has 1 aromatic heterocycles. The zero-order valence-corrected chi connectivity index (χ0v) is 16.2. The molecule has 1 aromatic carbocycles. The van der Waals surface area contributed by atoms with Crippen LogP contribution in [0.25, 0.3) is 0 Å². The van der Waals surface area contributed by atoms with E-state index in [4.69, 9.17) is 5.73 Å². The molecule has 3 rings (SSSR count). The van der Waals surface area contributed by atoms with Crippen LogP contribution in [-0.4, -0.2) is 27.3 Å². The lowest BCUT2D eigenvalue weighted by atomic mass is 9.71. The van der Waals surface area contributed by atoms with Crippen LogP contribution in [0.4, 0.5) is 15.9 Å². The van der Waals surface area contributed by atoms with Crippen LogP contribution in [0, 0.1) is 17.7 Å². The van der Waals surface area contributed by atoms with Gasteiger partial charge in [0, 0.05) is 31.6 Å². The standard InChI is InChI=1S/C18H19BrFN5O2/c1-25-5-4-15(24-25)23-16(26)8-10-6-11(7-10)17(27)18(21)22-12-2-3-14(20)13(19)9-12/h2-5,9-11H,6-8H2,1H3,(H2,21,22)(H,23,24,26). The van der Waals surface area contributed by atoms with Crippen LogP contribution in [0.2, 0.25) is 0 Å². The monoisotopic (exact) mass is 435 g/mol. The van der Waals surface area contributed by atoms with Gasteiger partial charge in [-0.05, 0) is 52.9 Å². The van der Waals surface area contributed by atoms with Crippen molar-refractivity contribution >= 4 is 45.0 Å². The van der Waals surface area contributed by atoms with E-state index in [9.17, 15) is 14.0 Å². The van der Waals surface area contributed by atoms with Crippen molar-refractivity contribution in [3.63, 3.8) is 0 Å². The summed E-state index contributed by atoms with van der Waals surface area (Å²) in [5.74, 6) is -0.462. The van der Waals surface area contributed by atoms with Crippen LogP contribution in [0.1, 0.15) is 19.3 Å². The number of Topliss-reactive ketones (excluding diaryl/α,β-unsaturated/α-hetero) is 1. The fourth-order valence-corrected chi connectivity index (χ4v) is 3.38. The van der Waals surface area contributed by atoms with Gasteiger partial charge in [-0.3, -0.25) is 14.3 Å². The van der Waals surface area contributed by atoms with Crippen molar-refractivity contribution in [3.8, 4) is 0 Å². The Balaban J connectivity index is 1.49. The molecular formula is C18H19BrFN5O2. The fraction of sp³-hybridized carbons (Fsp3) is 0.333. The van der Waals surface area contributed by atoms with Gasteiger partial charge in [0.15, 0.2) is 11.7 Å². The van der Waals surface area contributed by atoms with Gasteiger partial charge >= 0.3 is 0 Å². The van der Waals surface area contributed by atoms with E-state index in [-0.39, 0.29) is 33.8 Å². The molecule has 0 unspecified atom stereocenters. The summed E-state index contributed by atoms with van der Waals surface area (Å²) in [6.07, 6.45) is 3.27. The molecular weight excluding hydrogens is 417 g/mol. The average Bonchev–Trinajstić information content (AvgIpc) is 2.98. The Morgan fingerprint density at radius 1 is 1.41 bits per heavy atom. The van der Waals surface area contributed by atoms with Crippen LogP contribution < -0.4 is 11.1 Å². The number of aliphatic imine (C=N–C) groups is 1. The van der Waals surface area contributed by atoms with E-state index in [1.807, 2.05) is 0 Å². The third-order valence-corrected chi connectivity index (χ3v) is 5.07. The summed E-state index contributed by atoms with van der Waals surface area (Å²) < 4.78 is 15.1. The zero-order chi connectivity index (χ0) is 19.6. The van der Waals surface area contributed by atoms with Gasteiger partial charge in [0.2, 0.25) is 11.7 Å². The van der Waals surface area contributed by atoms with Crippen molar-refractivity contribution in [2.45, 2.75) is 19.3 Å². The maximum Gasteiger partial charge on any atom is 0.225 e. The molecule has 0 saturated heterocycles. The molecule has 0 bridgehead atoms. The van der Waals surface area contributed by atoms with Crippen LogP contribution in [-0.2, 0) is 16.6 Å². The first-order valence-electron chi connectivity index (χ1n) is 8.44. The predicted octanol–water partition coefficient (Wildman–Crippen LogP) is 2.93. The van der Waals surface area contributed by atoms with Gasteiger partial charge in [-0.25, -0.2) is 9.38 Å². The highest BCUT2D eigenvalue weighted by Gasteiger charge is 2.36. The number of carbonyl (C=O) groups is 2. The first-order valence-corrected chi connectivity index (χ1v) is 9.24. The van der Waals surface area contributed by atoms with Gasteiger partial charge in [0.05, 0.1) is 10.2 Å². The summed E-state index contributed by atoms with van der Waals surface area (Å²) >= 11 is 3.07. The Kier molecular flexibility index (Phi) is 5.69. The summed E-state index contributed by atoms with van der Waals surface area (Å²) in [6.45, 7) is 0. The number of hydrogen-bond donors (Lipinski definition) is 2. The lowest BCUT2D eigenvalue weighted by Crippen LogP contribution is -2.39. The molecule has 1 saturated carbocycles. The van der Waals surface area contributed by atoms with Crippen molar-refractivity contribution in [2.24, 2.45) is 29.6 Å². The molecule has 2 aromatic rings. The number of benzene rings is 1. The molecule has 142 valence electrons. The van der Waals surface area contributed by atoms with E-state index < -0.39 is 5.82 Å². The average molecular weight is 436 g/mol. The summed E-state index contributed by atoms with van der Waals surface area (Å²) in [7, 11) is 1.77. The topological polar surface area (TPSA) is 102 Å². The van der Waals surface area contributed by atoms with Crippen LogP contribution in [0.3, 0.4) is 0 Å². The number of halogens is 2. The molecule has 9 heteroatoms. The predicted molar refractivity (Wildman–Crippen MR) is 103 cm³/mol. The Morgan fingerprint density at radius 3 is 2.78 bits per heavy atom. The normalized spacial score (nSPS) is 19.4. The maximum absolute atomic E-state index is 13.2. The van der Waals surface area contributed by atoms with E-state index in [1.54, 1.807) is 24.0 Å². The van der Waals surface area contributed by atoms with Gasteiger partial charge in [0.1, 0.15) is 5.82 Å². The number of aryl methyl sites for hydroxylation is 1. The third-order valence-electron chi connectivity index (χ3n) is 4.47. The lowest BCUT2D eigenvalue weighted by molar-refractivity contribution is -0.123. The van der Waals surface area contributed by atoms with E-state index in [2.05, 4.69) is 31.3 Å². The summed E-state index contributed by atoms with van der Waals surface area (Å²) in [6, 6.07) is 5.88. The van der Waals surface area contributed by atoms with Gasteiger partial charge in [-0.1, -0.05) is 0 Å². The number of aromatic nitrogens is 2. The van der Waals surface area contributed by atoms with Crippen molar-refractivity contribution in [1.82, 2.24) is 9.78 Å². The second-order valence-electron chi connectivity index (χ2n) is 6.62. The number of hydrogen-bond acceptors (Lipinski definition) is 4. The largest absolute Gasteiger partial charge is 0.381 e. The Bertz CT molecular complexity index is 905. The third kappa shape index (κ3) is 4.79. The van der Waals surface area contributed by atoms with E-state index in [1.165, 1.54) is 18.2 Å².